The maximum Gasteiger partial charge on any atom is 0.337 e. The first kappa shape index (κ1) is 19.6. The van der Waals surface area contributed by atoms with Gasteiger partial charge >= 0.3 is 5.97 Å². The first-order valence-corrected chi connectivity index (χ1v) is 9.78. The van der Waals surface area contributed by atoms with Crippen molar-refractivity contribution in [2.45, 2.75) is 83.0 Å². The van der Waals surface area contributed by atoms with Gasteiger partial charge in [-0.15, -0.1) is 0 Å². The summed E-state index contributed by atoms with van der Waals surface area (Å²) in [7, 11) is 1.35. The van der Waals surface area contributed by atoms with Gasteiger partial charge in [-0.1, -0.05) is 26.7 Å². The van der Waals surface area contributed by atoms with Gasteiger partial charge < -0.3 is 18.9 Å². The molecule has 0 unspecified atom stereocenters. The minimum absolute atomic E-state index is 0.0851. The topological polar surface area (TPSA) is 74.3 Å². The van der Waals surface area contributed by atoms with Crippen LogP contribution in [0.4, 0.5) is 0 Å². The van der Waals surface area contributed by atoms with Crippen LogP contribution in [0.2, 0.25) is 0 Å². The molecular weight excluding hydrogens is 338 g/mol. The van der Waals surface area contributed by atoms with Crippen molar-refractivity contribution in [2.75, 3.05) is 20.3 Å². The molecule has 7 heteroatoms. The van der Waals surface area contributed by atoms with Gasteiger partial charge in [0.05, 0.1) is 19.6 Å². The summed E-state index contributed by atoms with van der Waals surface area (Å²) in [6.45, 7) is 6.71. The van der Waals surface area contributed by atoms with E-state index in [0.717, 1.165) is 25.7 Å². The smallest absolute Gasteiger partial charge is 0.337 e. The average molecular weight is 369 g/mol. The van der Waals surface area contributed by atoms with Crippen molar-refractivity contribution >= 4 is 11.9 Å². The molecule has 148 valence electrons. The van der Waals surface area contributed by atoms with Crippen LogP contribution < -0.4 is 0 Å². The lowest BCUT2D eigenvalue weighted by atomic mass is 9.77. The molecule has 0 aromatic carbocycles. The number of amides is 1. The fourth-order valence-corrected chi connectivity index (χ4v) is 4.61. The average Bonchev–Trinajstić information content (AvgIpc) is 3.23. The Morgan fingerprint density at radius 3 is 2.69 bits per heavy atom. The van der Waals surface area contributed by atoms with Crippen molar-refractivity contribution in [1.29, 1.82) is 0 Å². The van der Waals surface area contributed by atoms with Gasteiger partial charge in [0.25, 0.3) is 0 Å². The second kappa shape index (κ2) is 7.44. The Morgan fingerprint density at radius 2 is 2.04 bits per heavy atom. The highest BCUT2D eigenvalue weighted by molar-refractivity contribution is 5.97. The van der Waals surface area contributed by atoms with Crippen molar-refractivity contribution in [2.24, 2.45) is 5.92 Å². The van der Waals surface area contributed by atoms with Crippen LogP contribution in [0, 0.1) is 5.92 Å². The van der Waals surface area contributed by atoms with E-state index in [-0.39, 0.29) is 12.5 Å². The summed E-state index contributed by atoms with van der Waals surface area (Å²) in [6.07, 6.45) is 4.19. The molecular formula is C19H31NO6. The number of carbonyl (C=O) groups excluding carboxylic acids is 2. The van der Waals surface area contributed by atoms with Crippen LogP contribution in [-0.4, -0.2) is 60.8 Å². The van der Waals surface area contributed by atoms with Gasteiger partial charge in [-0.05, 0) is 26.2 Å². The number of methoxy groups -OCH3 is 1. The standard InChI is InChI=1S/C19H31NO6/c1-5-7-9-14-20-16(21)13-11-15(24-10-8-6-2)26-18(13,3)19(20,12-25-14)17(22)23-4/h13-15H,5-12H2,1-4H3/t13-,14-,15-,18-,19+/m0/s1. The first-order chi connectivity index (χ1) is 12.5. The number of fused-ring (bicyclic) bond motifs is 3. The van der Waals surface area contributed by atoms with E-state index < -0.39 is 35.5 Å². The molecule has 3 saturated heterocycles. The number of hydrogen-bond donors (Lipinski definition) is 0. The summed E-state index contributed by atoms with van der Waals surface area (Å²) in [6, 6.07) is 0. The molecule has 3 aliphatic heterocycles. The molecule has 0 aromatic heterocycles. The van der Waals surface area contributed by atoms with Crippen molar-refractivity contribution in [3.05, 3.63) is 0 Å². The Balaban J connectivity index is 1.88. The third-order valence-corrected chi connectivity index (χ3v) is 6.14. The third-order valence-electron chi connectivity index (χ3n) is 6.14. The van der Waals surface area contributed by atoms with Gasteiger partial charge in [0.15, 0.2) is 11.8 Å². The Labute approximate surface area is 155 Å². The van der Waals surface area contributed by atoms with Crippen LogP contribution in [0.1, 0.15) is 59.3 Å². The summed E-state index contributed by atoms with van der Waals surface area (Å²) in [5.41, 5.74) is -2.24. The van der Waals surface area contributed by atoms with E-state index in [4.69, 9.17) is 18.9 Å². The minimum atomic E-state index is -1.23. The molecule has 0 aromatic rings. The van der Waals surface area contributed by atoms with Gasteiger partial charge in [0.2, 0.25) is 5.91 Å². The van der Waals surface area contributed by atoms with Crippen molar-refractivity contribution < 1.29 is 28.5 Å². The van der Waals surface area contributed by atoms with Crippen LogP contribution in [0.25, 0.3) is 0 Å². The molecule has 0 aliphatic carbocycles. The van der Waals surface area contributed by atoms with Crippen molar-refractivity contribution in [3.8, 4) is 0 Å². The Hall–Kier alpha value is -1.18. The zero-order valence-corrected chi connectivity index (χ0v) is 16.3. The summed E-state index contributed by atoms with van der Waals surface area (Å²) < 4.78 is 23.0. The van der Waals surface area contributed by atoms with E-state index in [1.165, 1.54) is 7.11 Å². The summed E-state index contributed by atoms with van der Waals surface area (Å²) >= 11 is 0. The monoisotopic (exact) mass is 369 g/mol. The third kappa shape index (κ3) is 2.67. The fourth-order valence-electron chi connectivity index (χ4n) is 4.61. The van der Waals surface area contributed by atoms with Gasteiger partial charge in [-0.25, -0.2) is 4.79 Å². The van der Waals surface area contributed by atoms with Gasteiger partial charge in [-0.2, -0.15) is 0 Å². The molecule has 0 spiro atoms. The second-order valence-electron chi connectivity index (χ2n) is 7.64. The molecule has 7 nitrogen and oxygen atoms in total. The predicted octanol–water partition coefficient (Wildman–Crippen LogP) is 2.22. The molecule has 3 aliphatic rings. The van der Waals surface area contributed by atoms with Crippen molar-refractivity contribution in [1.82, 2.24) is 4.90 Å². The molecule has 3 heterocycles. The molecule has 1 amide bonds. The highest BCUT2D eigenvalue weighted by atomic mass is 16.7. The number of rotatable bonds is 8. The van der Waals surface area contributed by atoms with E-state index in [1.807, 2.05) is 6.92 Å². The zero-order chi connectivity index (χ0) is 18.9. The molecule has 0 radical (unpaired) electrons. The molecule has 26 heavy (non-hydrogen) atoms. The van der Waals surface area contributed by atoms with E-state index in [2.05, 4.69) is 13.8 Å². The number of hydrogen-bond acceptors (Lipinski definition) is 6. The quantitative estimate of drug-likeness (QED) is 0.482. The number of unbranched alkanes of at least 4 members (excludes halogenated alkanes) is 2. The molecule has 0 bridgehead atoms. The Morgan fingerprint density at radius 1 is 1.31 bits per heavy atom. The highest BCUT2D eigenvalue weighted by Crippen LogP contribution is 2.56. The summed E-state index contributed by atoms with van der Waals surface area (Å²) in [5, 5.41) is 0. The van der Waals surface area contributed by atoms with Gasteiger partial charge in [0, 0.05) is 13.0 Å². The first-order valence-electron chi connectivity index (χ1n) is 9.78. The highest BCUT2D eigenvalue weighted by Gasteiger charge is 2.78. The number of ether oxygens (including phenoxy) is 4. The van der Waals surface area contributed by atoms with E-state index in [9.17, 15) is 9.59 Å². The minimum Gasteiger partial charge on any atom is -0.467 e. The molecule has 3 rings (SSSR count). The lowest BCUT2D eigenvalue weighted by Gasteiger charge is -2.39. The summed E-state index contributed by atoms with van der Waals surface area (Å²) in [5.74, 6) is -0.969. The number of carbonyl (C=O) groups is 2. The Kier molecular flexibility index (Phi) is 5.61. The molecule has 5 atom stereocenters. The van der Waals surface area contributed by atoms with Crippen LogP contribution in [0.5, 0.6) is 0 Å². The Bertz CT molecular complexity index is 554. The fraction of sp³-hybridized carbons (Fsp3) is 0.895. The molecule has 0 saturated carbocycles. The van der Waals surface area contributed by atoms with Crippen molar-refractivity contribution in [3.63, 3.8) is 0 Å². The van der Waals surface area contributed by atoms with Gasteiger partial charge in [-0.3, -0.25) is 9.69 Å². The lowest BCUT2D eigenvalue weighted by Crippen LogP contribution is -2.64. The van der Waals surface area contributed by atoms with Gasteiger partial charge in [0.1, 0.15) is 11.8 Å². The molecule has 3 fully saturated rings. The van der Waals surface area contributed by atoms with E-state index in [1.54, 1.807) is 4.90 Å². The normalized spacial score (nSPS) is 38.5. The number of esters is 1. The predicted molar refractivity (Wildman–Crippen MR) is 93.1 cm³/mol. The number of nitrogens with zero attached hydrogens (tertiary/aromatic N) is 1. The van der Waals surface area contributed by atoms with E-state index in [0.29, 0.717) is 19.4 Å². The lowest BCUT2D eigenvalue weighted by molar-refractivity contribution is -0.203. The summed E-state index contributed by atoms with van der Waals surface area (Å²) in [4.78, 5) is 27.7. The molecule has 0 N–H and O–H groups in total. The van der Waals surface area contributed by atoms with E-state index >= 15 is 0 Å². The maximum atomic E-state index is 13.3. The van der Waals surface area contributed by atoms with Crippen LogP contribution in [0.15, 0.2) is 0 Å². The second-order valence-corrected chi connectivity index (χ2v) is 7.64. The largest absolute Gasteiger partial charge is 0.467 e. The van der Waals surface area contributed by atoms with Crippen LogP contribution >= 0.6 is 0 Å². The maximum absolute atomic E-state index is 13.3. The van der Waals surface area contributed by atoms with Crippen LogP contribution in [0.3, 0.4) is 0 Å². The zero-order valence-electron chi connectivity index (χ0n) is 16.3. The van der Waals surface area contributed by atoms with Crippen LogP contribution in [-0.2, 0) is 28.5 Å². The SMILES string of the molecule is CCCCO[C@@H]1C[C@H]2C(=O)N3[C@H](CCCC)OC[C@@]3(C(=O)OC)[C@@]2(C)O1.